The van der Waals surface area contributed by atoms with Crippen molar-refractivity contribution < 1.29 is 36.7 Å². The minimum Gasteiger partial charge on any atom is -0.295 e. The van der Waals surface area contributed by atoms with Crippen LogP contribution >= 0.6 is 0 Å². The second-order valence-corrected chi connectivity index (χ2v) is 5.32. The Kier molecular flexibility index (Phi) is 3.43. The van der Waals surface area contributed by atoms with Crippen LogP contribution in [0.2, 0.25) is 0 Å². The van der Waals surface area contributed by atoms with Crippen molar-refractivity contribution in [3.63, 3.8) is 0 Å². The number of carbonyl (C=O) groups excluding carboxylic acids is 4. The van der Waals surface area contributed by atoms with E-state index in [1.165, 1.54) is 0 Å². The summed E-state index contributed by atoms with van der Waals surface area (Å²) in [5, 5.41) is 1.94. The molecule has 1 fully saturated rings. The maximum absolute atomic E-state index is 13.6. The number of carbonyl (C=O) groups is 4. The van der Waals surface area contributed by atoms with Gasteiger partial charge in [-0.2, -0.15) is 13.2 Å². The van der Waals surface area contributed by atoms with E-state index >= 15 is 0 Å². The summed E-state index contributed by atoms with van der Waals surface area (Å²) in [5.74, 6) is -5.38. The lowest BCUT2D eigenvalue weighted by molar-refractivity contribution is -0.140. The molecule has 0 saturated carbocycles. The molecule has 1 saturated heterocycles. The molecular formula is C14H8F4N2O4. The molecule has 2 heterocycles. The Hall–Kier alpha value is -2.78. The third-order valence-corrected chi connectivity index (χ3v) is 3.83. The second-order valence-electron chi connectivity index (χ2n) is 5.32. The van der Waals surface area contributed by atoms with E-state index in [4.69, 9.17) is 0 Å². The van der Waals surface area contributed by atoms with Crippen LogP contribution < -0.4 is 5.32 Å². The molecule has 0 aliphatic carbocycles. The highest BCUT2D eigenvalue weighted by molar-refractivity contribution is 6.23. The van der Waals surface area contributed by atoms with Crippen LogP contribution in [0.3, 0.4) is 0 Å². The monoisotopic (exact) mass is 344 g/mol. The molecule has 126 valence electrons. The quantitative estimate of drug-likeness (QED) is 0.614. The minimum absolute atomic E-state index is 0.133. The number of benzene rings is 1. The zero-order chi connectivity index (χ0) is 17.8. The Balaban J connectivity index is 2.03. The maximum Gasteiger partial charge on any atom is 0.419 e. The van der Waals surface area contributed by atoms with E-state index in [1.807, 2.05) is 5.32 Å². The van der Waals surface area contributed by atoms with Gasteiger partial charge in [0.15, 0.2) is 0 Å². The number of imide groups is 2. The fourth-order valence-electron chi connectivity index (χ4n) is 2.71. The number of nitrogens with one attached hydrogen (secondary N) is 1. The highest BCUT2D eigenvalue weighted by Crippen LogP contribution is 2.36. The molecule has 1 aromatic rings. The SMILES string of the molecule is O=C1CCC(N2C(=O)c3cc(F)c(C(F)(F)F)cc3C2=O)C(=O)N1. The van der Waals surface area contributed by atoms with Gasteiger partial charge in [0, 0.05) is 6.42 Å². The van der Waals surface area contributed by atoms with Gasteiger partial charge in [0.25, 0.3) is 11.8 Å². The topological polar surface area (TPSA) is 83.6 Å². The molecule has 0 aromatic heterocycles. The van der Waals surface area contributed by atoms with Gasteiger partial charge in [-0.05, 0) is 18.6 Å². The summed E-state index contributed by atoms with van der Waals surface area (Å²) in [6.07, 6.45) is -5.32. The second kappa shape index (κ2) is 5.11. The molecule has 3 rings (SSSR count). The lowest BCUT2D eigenvalue weighted by atomic mass is 10.0. The molecule has 24 heavy (non-hydrogen) atoms. The van der Waals surface area contributed by atoms with E-state index in [2.05, 4.69) is 0 Å². The number of nitrogens with zero attached hydrogens (tertiary/aromatic N) is 1. The van der Waals surface area contributed by atoms with Gasteiger partial charge in [-0.1, -0.05) is 0 Å². The number of halogens is 4. The van der Waals surface area contributed by atoms with E-state index in [0.717, 1.165) is 0 Å². The molecule has 1 N–H and O–H groups in total. The van der Waals surface area contributed by atoms with Crippen LogP contribution in [-0.2, 0) is 15.8 Å². The van der Waals surface area contributed by atoms with Crippen molar-refractivity contribution in [3.05, 3.63) is 34.6 Å². The highest BCUT2D eigenvalue weighted by atomic mass is 19.4. The zero-order valence-electron chi connectivity index (χ0n) is 11.7. The molecule has 10 heteroatoms. The summed E-state index contributed by atoms with van der Waals surface area (Å²) in [6, 6.07) is -0.728. The van der Waals surface area contributed by atoms with Crippen molar-refractivity contribution in [2.75, 3.05) is 0 Å². The summed E-state index contributed by atoms with van der Waals surface area (Å²) in [5.41, 5.74) is -2.85. The molecule has 1 aromatic carbocycles. The van der Waals surface area contributed by atoms with Gasteiger partial charge in [-0.15, -0.1) is 0 Å². The summed E-state index contributed by atoms with van der Waals surface area (Å²) in [7, 11) is 0. The van der Waals surface area contributed by atoms with Crippen molar-refractivity contribution in [2.45, 2.75) is 25.1 Å². The number of alkyl halides is 3. The third-order valence-electron chi connectivity index (χ3n) is 3.83. The van der Waals surface area contributed by atoms with Gasteiger partial charge in [0.2, 0.25) is 11.8 Å². The smallest absolute Gasteiger partial charge is 0.295 e. The van der Waals surface area contributed by atoms with Crippen molar-refractivity contribution in [1.82, 2.24) is 10.2 Å². The van der Waals surface area contributed by atoms with Gasteiger partial charge in [0.1, 0.15) is 11.9 Å². The Morgan fingerprint density at radius 3 is 2.17 bits per heavy atom. The summed E-state index contributed by atoms with van der Waals surface area (Å²) < 4.78 is 51.9. The molecule has 1 unspecified atom stereocenters. The van der Waals surface area contributed by atoms with Crippen LogP contribution in [0.25, 0.3) is 0 Å². The maximum atomic E-state index is 13.6. The number of fused-ring (bicyclic) bond motifs is 1. The molecule has 1 atom stereocenters. The van der Waals surface area contributed by atoms with Crippen molar-refractivity contribution >= 4 is 23.6 Å². The summed E-state index contributed by atoms with van der Waals surface area (Å²) in [6.45, 7) is 0. The van der Waals surface area contributed by atoms with Crippen molar-refractivity contribution in [2.24, 2.45) is 0 Å². The number of hydrogen-bond acceptors (Lipinski definition) is 4. The molecule has 2 aliphatic heterocycles. The molecule has 0 bridgehead atoms. The third kappa shape index (κ3) is 2.34. The van der Waals surface area contributed by atoms with Crippen LogP contribution in [-0.4, -0.2) is 34.6 Å². The molecular weight excluding hydrogens is 336 g/mol. The van der Waals surface area contributed by atoms with Crippen LogP contribution in [0, 0.1) is 5.82 Å². The van der Waals surface area contributed by atoms with Gasteiger partial charge >= 0.3 is 6.18 Å². The van der Waals surface area contributed by atoms with E-state index in [1.54, 1.807) is 0 Å². The van der Waals surface area contributed by atoms with E-state index in [-0.39, 0.29) is 18.9 Å². The molecule has 0 spiro atoms. The number of amides is 4. The molecule has 0 radical (unpaired) electrons. The Labute approximate surface area is 131 Å². The average molecular weight is 344 g/mol. The van der Waals surface area contributed by atoms with E-state index in [0.29, 0.717) is 11.0 Å². The van der Waals surface area contributed by atoms with Gasteiger partial charge in [0.05, 0.1) is 16.7 Å². The number of piperidine rings is 1. The Bertz CT molecular complexity index is 803. The standard InChI is InChI=1S/C14H8F4N2O4/c15-8-4-6-5(3-7(8)14(16,17)18)12(23)20(13(6)24)9-1-2-10(21)19-11(9)22/h3-4,9H,1-2H2,(H,19,21,22). The van der Waals surface area contributed by atoms with Crippen LogP contribution in [0.5, 0.6) is 0 Å². The van der Waals surface area contributed by atoms with Gasteiger partial charge < -0.3 is 0 Å². The first kappa shape index (κ1) is 16.1. The first-order valence-electron chi connectivity index (χ1n) is 6.73. The minimum atomic E-state index is -5.04. The van der Waals surface area contributed by atoms with Crippen molar-refractivity contribution in [3.8, 4) is 0 Å². The Morgan fingerprint density at radius 2 is 1.62 bits per heavy atom. The predicted octanol–water partition coefficient (Wildman–Crippen LogP) is 1.25. The number of hydrogen-bond donors (Lipinski definition) is 1. The number of rotatable bonds is 1. The first-order chi connectivity index (χ1) is 11.1. The molecule has 4 amide bonds. The average Bonchev–Trinajstić information content (AvgIpc) is 2.69. The van der Waals surface area contributed by atoms with Crippen LogP contribution in [0.4, 0.5) is 17.6 Å². The Morgan fingerprint density at radius 1 is 1.04 bits per heavy atom. The lowest BCUT2D eigenvalue weighted by Gasteiger charge is -2.27. The van der Waals surface area contributed by atoms with E-state index < -0.39 is 58.4 Å². The highest BCUT2D eigenvalue weighted by Gasteiger charge is 2.46. The van der Waals surface area contributed by atoms with Gasteiger partial charge in [-0.3, -0.25) is 29.4 Å². The van der Waals surface area contributed by atoms with E-state index in [9.17, 15) is 36.7 Å². The van der Waals surface area contributed by atoms with Crippen molar-refractivity contribution in [1.29, 1.82) is 0 Å². The first-order valence-corrected chi connectivity index (χ1v) is 6.73. The van der Waals surface area contributed by atoms with Crippen LogP contribution in [0.15, 0.2) is 12.1 Å². The molecule has 6 nitrogen and oxygen atoms in total. The normalized spacial score (nSPS) is 21.2. The predicted molar refractivity (Wildman–Crippen MR) is 68.1 cm³/mol. The summed E-state index contributed by atoms with van der Waals surface area (Å²) in [4.78, 5) is 47.9. The summed E-state index contributed by atoms with van der Waals surface area (Å²) >= 11 is 0. The molecule has 2 aliphatic rings. The lowest BCUT2D eigenvalue weighted by Crippen LogP contribution is -2.54. The zero-order valence-corrected chi connectivity index (χ0v) is 11.7. The van der Waals surface area contributed by atoms with Gasteiger partial charge in [-0.25, -0.2) is 4.39 Å². The largest absolute Gasteiger partial charge is 0.419 e. The fraction of sp³-hybridized carbons (Fsp3) is 0.286. The van der Waals surface area contributed by atoms with Crippen LogP contribution in [0.1, 0.15) is 39.1 Å². The fourth-order valence-corrected chi connectivity index (χ4v) is 2.71.